The molecule has 1 aromatic heterocycles. The van der Waals surface area contributed by atoms with E-state index < -0.39 is 10.8 Å². The highest BCUT2D eigenvalue weighted by atomic mass is 35.5. The van der Waals surface area contributed by atoms with Gasteiger partial charge in [0.05, 0.1) is 27.2 Å². The zero-order chi connectivity index (χ0) is 18.7. The molecule has 0 bridgehead atoms. The molecule has 2 aromatic carbocycles. The predicted molar refractivity (Wildman–Crippen MR) is 99.9 cm³/mol. The first-order chi connectivity index (χ1) is 12.5. The van der Waals surface area contributed by atoms with Crippen LogP contribution in [0.1, 0.15) is 15.9 Å². The van der Waals surface area contributed by atoms with Gasteiger partial charge in [0.2, 0.25) is 0 Å². The molecule has 3 aromatic rings. The summed E-state index contributed by atoms with van der Waals surface area (Å²) in [6, 6.07) is 12.4. The molecule has 1 heterocycles. The van der Waals surface area contributed by atoms with Gasteiger partial charge in [-0.25, -0.2) is 10.4 Å². The molecule has 0 aliphatic carbocycles. The summed E-state index contributed by atoms with van der Waals surface area (Å²) in [5.41, 5.74) is 3.48. The van der Waals surface area contributed by atoms with Gasteiger partial charge in [-0.15, -0.1) is 0 Å². The van der Waals surface area contributed by atoms with Gasteiger partial charge in [0.1, 0.15) is 5.15 Å². The van der Waals surface area contributed by atoms with E-state index >= 15 is 0 Å². The number of carbonyl (C=O) groups excluding carboxylic acids is 1. The van der Waals surface area contributed by atoms with Crippen molar-refractivity contribution in [2.24, 2.45) is 5.10 Å². The second kappa shape index (κ2) is 7.47. The topological polar surface area (TPSA) is 97.5 Å². The minimum absolute atomic E-state index is 0.0588. The van der Waals surface area contributed by atoms with Gasteiger partial charge in [-0.3, -0.25) is 14.9 Å². The Kier molecular flexibility index (Phi) is 5.11. The van der Waals surface area contributed by atoms with Crippen LogP contribution in [0, 0.1) is 10.1 Å². The molecule has 130 valence electrons. The summed E-state index contributed by atoms with van der Waals surface area (Å²) in [7, 11) is 0. The predicted octanol–water partition coefficient (Wildman–Crippen LogP) is 4.21. The van der Waals surface area contributed by atoms with Crippen LogP contribution >= 0.6 is 23.2 Å². The summed E-state index contributed by atoms with van der Waals surface area (Å²) >= 11 is 12.0. The van der Waals surface area contributed by atoms with Crippen molar-refractivity contribution < 1.29 is 9.72 Å². The van der Waals surface area contributed by atoms with Crippen LogP contribution in [0.3, 0.4) is 0 Å². The number of benzene rings is 2. The fourth-order valence-electron chi connectivity index (χ4n) is 2.23. The number of nitro groups is 1. The Balaban J connectivity index is 1.84. The third kappa shape index (κ3) is 3.79. The number of non-ortho nitro benzene ring substituents is 1. The van der Waals surface area contributed by atoms with E-state index in [1.165, 1.54) is 24.4 Å². The number of pyridine rings is 1. The van der Waals surface area contributed by atoms with E-state index in [-0.39, 0.29) is 16.4 Å². The van der Waals surface area contributed by atoms with E-state index in [9.17, 15) is 14.9 Å². The van der Waals surface area contributed by atoms with Gasteiger partial charge in [0, 0.05) is 23.1 Å². The van der Waals surface area contributed by atoms with Crippen LogP contribution in [-0.4, -0.2) is 22.0 Å². The lowest BCUT2D eigenvalue weighted by Gasteiger charge is -2.03. The molecule has 3 rings (SSSR count). The largest absolute Gasteiger partial charge is 0.272 e. The summed E-state index contributed by atoms with van der Waals surface area (Å²) in [5, 5.41) is 15.7. The number of nitrogens with one attached hydrogen (secondary N) is 1. The molecule has 0 fully saturated rings. The summed E-state index contributed by atoms with van der Waals surface area (Å²) in [4.78, 5) is 26.6. The van der Waals surface area contributed by atoms with Gasteiger partial charge in [-0.05, 0) is 24.3 Å². The third-order valence-electron chi connectivity index (χ3n) is 3.48. The molecule has 1 N–H and O–H groups in total. The number of amides is 1. The highest BCUT2D eigenvalue weighted by molar-refractivity contribution is 6.34. The molecule has 0 saturated carbocycles. The molecular weight excluding hydrogens is 379 g/mol. The first kappa shape index (κ1) is 17.8. The quantitative estimate of drug-likeness (QED) is 0.313. The molecule has 1 amide bonds. The maximum Gasteiger partial charge on any atom is 0.272 e. The highest BCUT2D eigenvalue weighted by Crippen LogP contribution is 2.23. The Morgan fingerprint density at radius 3 is 2.69 bits per heavy atom. The number of hydrogen-bond donors (Lipinski definition) is 1. The number of hydrogen-bond acceptors (Lipinski definition) is 5. The number of carbonyl (C=O) groups is 1. The zero-order valence-corrected chi connectivity index (χ0v) is 14.5. The highest BCUT2D eigenvalue weighted by Gasteiger charge is 2.10. The van der Waals surface area contributed by atoms with E-state index in [4.69, 9.17) is 23.2 Å². The van der Waals surface area contributed by atoms with E-state index in [2.05, 4.69) is 15.5 Å². The second-order valence-electron chi connectivity index (χ2n) is 5.18. The zero-order valence-electron chi connectivity index (χ0n) is 13.0. The summed E-state index contributed by atoms with van der Waals surface area (Å²) in [6.45, 7) is 0. The Morgan fingerprint density at radius 2 is 1.96 bits per heavy atom. The summed E-state index contributed by atoms with van der Waals surface area (Å²) in [6.07, 6.45) is 1.31. The lowest BCUT2D eigenvalue weighted by molar-refractivity contribution is -0.384. The molecule has 0 aliphatic rings. The molecule has 7 nitrogen and oxygen atoms in total. The molecule has 9 heteroatoms. The molecule has 0 saturated heterocycles. The summed E-state index contributed by atoms with van der Waals surface area (Å²) in [5.74, 6) is -0.479. The number of hydrazone groups is 1. The van der Waals surface area contributed by atoms with Crippen molar-refractivity contribution in [1.82, 2.24) is 10.4 Å². The molecular formula is C17H10Cl2N4O3. The lowest BCUT2D eigenvalue weighted by Crippen LogP contribution is -2.18. The second-order valence-corrected chi connectivity index (χ2v) is 5.95. The average Bonchev–Trinajstić information content (AvgIpc) is 2.62. The molecule has 0 radical (unpaired) electrons. The Labute approximate surface area is 157 Å². The molecule has 0 aliphatic heterocycles. The van der Waals surface area contributed by atoms with Crippen molar-refractivity contribution in [2.75, 3.05) is 0 Å². The van der Waals surface area contributed by atoms with E-state index in [1.54, 1.807) is 30.3 Å². The Bertz CT molecular complexity index is 1050. The minimum atomic E-state index is -0.494. The van der Waals surface area contributed by atoms with Gasteiger partial charge in [0.25, 0.3) is 11.6 Å². The molecule has 0 unspecified atom stereocenters. The number of aromatic nitrogens is 1. The van der Waals surface area contributed by atoms with Gasteiger partial charge in [-0.1, -0.05) is 35.3 Å². The monoisotopic (exact) mass is 388 g/mol. The maximum absolute atomic E-state index is 12.0. The van der Waals surface area contributed by atoms with E-state index in [0.29, 0.717) is 21.5 Å². The van der Waals surface area contributed by atoms with Crippen molar-refractivity contribution in [3.05, 3.63) is 79.9 Å². The average molecular weight is 389 g/mol. The van der Waals surface area contributed by atoms with Crippen LogP contribution in [0.4, 0.5) is 5.69 Å². The Hall–Kier alpha value is -3.03. The van der Waals surface area contributed by atoms with Gasteiger partial charge >= 0.3 is 0 Å². The minimum Gasteiger partial charge on any atom is -0.267 e. The van der Waals surface area contributed by atoms with Crippen LogP contribution in [-0.2, 0) is 0 Å². The number of halogens is 2. The first-order valence-electron chi connectivity index (χ1n) is 7.28. The van der Waals surface area contributed by atoms with Crippen molar-refractivity contribution in [3.8, 4) is 0 Å². The van der Waals surface area contributed by atoms with Crippen LogP contribution < -0.4 is 5.43 Å². The smallest absolute Gasteiger partial charge is 0.267 e. The molecule has 0 atom stereocenters. The van der Waals surface area contributed by atoms with Gasteiger partial charge < -0.3 is 0 Å². The van der Waals surface area contributed by atoms with Crippen molar-refractivity contribution in [2.45, 2.75) is 0 Å². The van der Waals surface area contributed by atoms with Crippen LogP contribution in [0.2, 0.25) is 10.2 Å². The Morgan fingerprint density at radius 1 is 1.19 bits per heavy atom. The standard InChI is InChI=1S/C17H10Cl2N4O3/c18-14-4-2-1-3-13(14)17(24)22-20-9-11-7-10-8-12(23(25)26)5-6-15(10)21-16(11)19/h1-9H,(H,22,24)/b20-9-. The number of rotatable bonds is 4. The number of nitro benzene ring substituents is 1. The van der Waals surface area contributed by atoms with Crippen molar-refractivity contribution in [3.63, 3.8) is 0 Å². The molecule has 0 spiro atoms. The van der Waals surface area contributed by atoms with Gasteiger partial charge in [-0.2, -0.15) is 5.10 Å². The van der Waals surface area contributed by atoms with Gasteiger partial charge in [0.15, 0.2) is 0 Å². The van der Waals surface area contributed by atoms with Crippen LogP contribution in [0.5, 0.6) is 0 Å². The lowest BCUT2D eigenvalue weighted by atomic mass is 10.1. The fraction of sp³-hybridized carbons (Fsp3) is 0. The third-order valence-corrected chi connectivity index (χ3v) is 4.11. The maximum atomic E-state index is 12.0. The van der Waals surface area contributed by atoms with Crippen molar-refractivity contribution in [1.29, 1.82) is 0 Å². The first-order valence-corrected chi connectivity index (χ1v) is 8.04. The van der Waals surface area contributed by atoms with E-state index in [1.807, 2.05) is 0 Å². The fourth-order valence-corrected chi connectivity index (χ4v) is 2.64. The van der Waals surface area contributed by atoms with Crippen LogP contribution in [0.25, 0.3) is 10.9 Å². The van der Waals surface area contributed by atoms with Crippen molar-refractivity contribution >= 4 is 51.9 Å². The summed E-state index contributed by atoms with van der Waals surface area (Å²) < 4.78 is 0. The number of nitrogens with zero attached hydrogens (tertiary/aromatic N) is 3. The normalized spacial score (nSPS) is 11.0. The van der Waals surface area contributed by atoms with E-state index in [0.717, 1.165) is 0 Å². The SMILES string of the molecule is O=C(N/N=C\c1cc2cc([N+](=O)[O-])ccc2nc1Cl)c1ccccc1Cl. The van der Waals surface area contributed by atoms with Crippen LogP contribution in [0.15, 0.2) is 53.6 Å². The molecule has 26 heavy (non-hydrogen) atoms. The number of fused-ring (bicyclic) bond motifs is 1.